The smallest absolute Gasteiger partial charge is 0.163 e. The molecule has 2 unspecified atom stereocenters. The first-order valence-corrected chi connectivity index (χ1v) is 11.4. The second-order valence-corrected chi connectivity index (χ2v) is 7.74. The van der Waals surface area contributed by atoms with Crippen molar-refractivity contribution in [3.8, 4) is 0 Å². The second kappa shape index (κ2) is 18.9. The van der Waals surface area contributed by atoms with Crippen molar-refractivity contribution >= 4 is 45.2 Å². The summed E-state index contributed by atoms with van der Waals surface area (Å²) in [7, 11) is 0. The number of halogens is 1. The first kappa shape index (κ1) is 25.8. The third kappa shape index (κ3) is 12.9. The number of thioether (sulfide) groups is 2. The van der Waals surface area contributed by atoms with Gasteiger partial charge >= 0.3 is 0 Å². The van der Waals surface area contributed by atoms with Crippen LogP contribution in [0, 0.1) is 5.92 Å². The van der Waals surface area contributed by atoms with Crippen LogP contribution in [0.3, 0.4) is 0 Å². The third-order valence-corrected chi connectivity index (χ3v) is 5.22. The molecule has 0 radical (unpaired) electrons. The molecule has 0 rings (SSSR count). The van der Waals surface area contributed by atoms with E-state index in [4.69, 9.17) is 0 Å². The van der Waals surface area contributed by atoms with Crippen molar-refractivity contribution in [3.63, 3.8) is 0 Å². The van der Waals surface area contributed by atoms with Gasteiger partial charge in [0, 0.05) is 5.92 Å². The van der Waals surface area contributed by atoms with Crippen molar-refractivity contribution < 1.29 is 4.79 Å². The Labute approximate surface area is 166 Å². The topological polar surface area (TPSA) is 17.1 Å². The molecule has 0 bridgehead atoms. The molecule has 0 fully saturated rings. The zero-order chi connectivity index (χ0) is 18.8. The van der Waals surface area contributed by atoms with Crippen molar-refractivity contribution in [2.24, 2.45) is 5.92 Å². The maximum atomic E-state index is 12.3. The Hall–Kier alpha value is -0.450. The van der Waals surface area contributed by atoms with Gasteiger partial charge in [-0.15, -0.1) is 30.1 Å². The van der Waals surface area contributed by atoms with E-state index in [9.17, 15) is 4.79 Å². The summed E-state index contributed by atoms with van der Waals surface area (Å²) < 4.78 is -0.241. The van der Waals surface area contributed by atoms with Crippen LogP contribution < -0.4 is 0 Å². The van der Waals surface area contributed by atoms with Gasteiger partial charge in [-0.3, -0.25) is 4.79 Å². The van der Waals surface area contributed by atoms with Crippen LogP contribution in [-0.4, -0.2) is 16.2 Å². The molecular weight excluding hydrogens is 400 g/mol. The van der Waals surface area contributed by atoms with Gasteiger partial charge in [0.05, 0.1) is 0 Å². The average Bonchev–Trinajstić information content (AvgIpc) is 2.62. The highest BCUT2D eigenvalue weighted by atomic mass is 79.9. The molecule has 0 saturated heterocycles. The number of ketones is 1. The number of allylic oxidation sites excluding steroid dienone is 7. The number of rotatable bonds is 11. The standard InChI is InChI=1S/C18H25BrOS2.C2H6/c1-5-10-15(6-2)11-8-14-22-18(19)17(20)16(7-3)12-9-13-21-4;1-2/h5,7-11,13-14,16,18H,3,6,12H2,1-2,4H3;1-2H3/b10-5-,13-9+,14-8+,15-11-;. The predicted octanol–water partition coefficient (Wildman–Crippen LogP) is 7.53. The fraction of sp³-hybridized carbons (Fsp3) is 0.450. The summed E-state index contributed by atoms with van der Waals surface area (Å²) in [6.45, 7) is 11.9. The Morgan fingerprint density at radius 3 is 2.46 bits per heavy atom. The lowest BCUT2D eigenvalue weighted by Gasteiger charge is -2.12. The normalized spacial score (nSPS) is 14.7. The van der Waals surface area contributed by atoms with E-state index in [-0.39, 0.29) is 15.9 Å². The maximum absolute atomic E-state index is 12.3. The highest BCUT2D eigenvalue weighted by Gasteiger charge is 2.21. The van der Waals surface area contributed by atoms with E-state index < -0.39 is 0 Å². The Morgan fingerprint density at radius 1 is 1.29 bits per heavy atom. The fourth-order valence-corrected chi connectivity index (χ4v) is 3.28. The van der Waals surface area contributed by atoms with E-state index >= 15 is 0 Å². The molecule has 0 heterocycles. The minimum atomic E-state index is -0.241. The summed E-state index contributed by atoms with van der Waals surface area (Å²) in [6.07, 6.45) is 15.6. The van der Waals surface area contributed by atoms with Crippen molar-refractivity contribution in [2.75, 3.05) is 6.26 Å². The van der Waals surface area contributed by atoms with Crippen LogP contribution in [0.5, 0.6) is 0 Å². The number of alkyl halides is 1. The number of Topliss-reactive ketones (excluding diaryl/α,β-unsaturated/α-hetero) is 1. The molecule has 0 aliphatic heterocycles. The van der Waals surface area contributed by atoms with E-state index in [1.54, 1.807) is 17.8 Å². The molecule has 0 aliphatic rings. The van der Waals surface area contributed by atoms with Gasteiger partial charge in [-0.25, -0.2) is 0 Å². The van der Waals surface area contributed by atoms with Gasteiger partial charge in [-0.05, 0) is 42.4 Å². The Kier molecular flexibility index (Phi) is 20.3. The first-order valence-electron chi connectivity index (χ1n) is 8.22. The molecule has 24 heavy (non-hydrogen) atoms. The molecule has 0 N–H and O–H groups in total. The molecule has 4 heteroatoms. The number of carbonyl (C=O) groups is 1. The SMILES string of the molecule is C=CC(C/C=C/SC)C(=O)C(Br)S/C=C/C=C(\C=C/C)CC.CC. The molecule has 0 aromatic rings. The number of hydrogen-bond donors (Lipinski definition) is 0. The van der Waals surface area contributed by atoms with Gasteiger partial charge in [-0.2, -0.15) is 0 Å². The molecule has 1 nitrogen and oxygen atoms in total. The van der Waals surface area contributed by atoms with Crippen molar-refractivity contribution in [1.29, 1.82) is 0 Å². The summed E-state index contributed by atoms with van der Waals surface area (Å²) >= 11 is 6.57. The van der Waals surface area contributed by atoms with E-state index in [1.807, 2.05) is 56.1 Å². The monoisotopic (exact) mass is 430 g/mol. The number of hydrogen-bond acceptors (Lipinski definition) is 3. The van der Waals surface area contributed by atoms with Gasteiger partial charge in [0.1, 0.15) is 4.16 Å². The molecule has 0 aromatic carbocycles. The van der Waals surface area contributed by atoms with Crippen LogP contribution in [0.15, 0.2) is 59.4 Å². The third-order valence-electron chi connectivity index (χ3n) is 2.87. The summed E-state index contributed by atoms with van der Waals surface area (Å²) in [6, 6.07) is 0. The summed E-state index contributed by atoms with van der Waals surface area (Å²) in [5.74, 6) is 0.0157. The van der Waals surface area contributed by atoms with Gasteiger partial charge in [0.2, 0.25) is 0 Å². The molecule has 0 saturated carbocycles. The summed E-state index contributed by atoms with van der Waals surface area (Å²) in [5.41, 5.74) is 1.27. The predicted molar refractivity (Wildman–Crippen MR) is 120 cm³/mol. The minimum absolute atomic E-state index is 0.140. The van der Waals surface area contributed by atoms with Crippen LogP contribution in [-0.2, 0) is 4.79 Å². The molecule has 0 spiro atoms. The van der Waals surface area contributed by atoms with E-state index in [1.165, 1.54) is 17.3 Å². The second-order valence-electron chi connectivity index (χ2n) is 4.46. The maximum Gasteiger partial charge on any atom is 0.163 e. The van der Waals surface area contributed by atoms with Crippen molar-refractivity contribution in [3.05, 3.63) is 59.4 Å². The van der Waals surface area contributed by atoms with Gasteiger partial charge < -0.3 is 0 Å². The Balaban J connectivity index is 0. The molecule has 136 valence electrons. The zero-order valence-corrected chi connectivity index (χ0v) is 18.7. The average molecular weight is 432 g/mol. The van der Waals surface area contributed by atoms with Crippen LogP contribution in [0.1, 0.15) is 40.5 Å². The molecule has 0 aromatic heterocycles. The van der Waals surface area contributed by atoms with Crippen LogP contribution >= 0.6 is 39.5 Å². The van der Waals surface area contributed by atoms with Gasteiger partial charge in [0.25, 0.3) is 0 Å². The summed E-state index contributed by atoms with van der Waals surface area (Å²) in [5, 5.41) is 3.95. The summed E-state index contributed by atoms with van der Waals surface area (Å²) in [4.78, 5) is 12.3. The molecule has 2 atom stereocenters. The Bertz CT molecular complexity index is 451. The fourth-order valence-electron chi connectivity index (χ4n) is 1.64. The number of carbonyl (C=O) groups excluding carboxylic acids is 1. The lowest BCUT2D eigenvalue weighted by Crippen LogP contribution is -2.19. The lowest BCUT2D eigenvalue weighted by atomic mass is 10.0. The largest absolute Gasteiger partial charge is 0.297 e. The van der Waals surface area contributed by atoms with Crippen LogP contribution in [0.4, 0.5) is 0 Å². The van der Waals surface area contributed by atoms with Gasteiger partial charge in [0.15, 0.2) is 5.78 Å². The highest BCUT2D eigenvalue weighted by Crippen LogP contribution is 2.25. The van der Waals surface area contributed by atoms with E-state index in [0.29, 0.717) is 6.42 Å². The lowest BCUT2D eigenvalue weighted by molar-refractivity contribution is -0.119. The van der Waals surface area contributed by atoms with Crippen molar-refractivity contribution in [1.82, 2.24) is 0 Å². The van der Waals surface area contributed by atoms with Gasteiger partial charge in [-0.1, -0.05) is 73.2 Å². The van der Waals surface area contributed by atoms with Crippen molar-refractivity contribution in [2.45, 2.75) is 44.7 Å². The highest BCUT2D eigenvalue weighted by molar-refractivity contribution is 9.11. The zero-order valence-electron chi connectivity index (χ0n) is 15.5. The Morgan fingerprint density at radius 2 is 1.96 bits per heavy atom. The quantitative estimate of drug-likeness (QED) is 0.191. The van der Waals surface area contributed by atoms with E-state index in [0.717, 1.165) is 6.42 Å². The first-order chi connectivity index (χ1) is 11.6. The van der Waals surface area contributed by atoms with Crippen LogP contribution in [0.25, 0.3) is 0 Å². The van der Waals surface area contributed by atoms with E-state index in [2.05, 4.69) is 41.6 Å². The molecule has 0 amide bonds. The molecular formula is C20H31BrOS2. The minimum Gasteiger partial charge on any atom is -0.297 e. The van der Waals surface area contributed by atoms with Crippen LogP contribution in [0.2, 0.25) is 0 Å². The molecule has 0 aliphatic carbocycles.